The van der Waals surface area contributed by atoms with Gasteiger partial charge in [0.15, 0.2) is 5.82 Å². The van der Waals surface area contributed by atoms with Gasteiger partial charge in [0.25, 0.3) is 0 Å². The van der Waals surface area contributed by atoms with Gasteiger partial charge in [0.2, 0.25) is 0 Å². The summed E-state index contributed by atoms with van der Waals surface area (Å²) in [7, 11) is 1.82. The van der Waals surface area contributed by atoms with Crippen molar-refractivity contribution < 1.29 is 4.79 Å². The standard InChI is InChI=1S/C18H21N9O/c1-23-7-8-25(18(23)28)15-9-21-27(13-15)14-3-6-24(12-14)16-10-19-11-17(22-16)26-5-2-4-20-26/h2,4-5,9-11,13-14H,3,6-8,12H2,1H3. The van der Waals surface area contributed by atoms with Crippen molar-refractivity contribution in [1.82, 2.24) is 34.4 Å². The number of rotatable bonds is 4. The molecular weight excluding hydrogens is 358 g/mol. The molecule has 0 aromatic carbocycles. The number of carbonyl (C=O) groups excluding carboxylic acids is 1. The fourth-order valence-electron chi connectivity index (χ4n) is 3.73. The molecule has 10 heteroatoms. The number of hydrogen-bond donors (Lipinski definition) is 0. The first-order chi connectivity index (χ1) is 13.7. The van der Waals surface area contributed by atoms with Crippen molar-refractivity contribution in [3.63, 3.8) is 0 Å². The number of likely N-dealkylation sites (N-methyl/N-ethyl adjacent to an activating group) is 1. The van der Waals surface area contributed by atoms with Crippen molar-refractivity contribution in [2.75, 3.05) is 43.0 Å². The van der Waals surface area contributed by atoms with Crippen LogP contribution in [0.15, 0.2) is 43.2 Å². The Morgan fingerprint density at radius 3 is 2.75 bits per heavy atom. The quantitative estimate of drug-likeness (QED) is 0.676. The van der Waals surface area contributed by atoms with Gasteiger partial charge >= 0.3 is 6.03 Å². The lowest BCUT2D eigenvalue weighted by Crippen LogP contribution is -2.28. The van der Waals surface area contributed by atoms with Gasteiger partial charge in [-0.25, -0.2) is 14.5 Å². The van der Waals surface area contributed by atoms with Crippen molar-refractivity contribution >= 4 is 17.5 Å². The van der Waals surface area contributed by atoms with Crippen molar-refractivity contribution in [2.45, 2.75) is 12.5 Å². The summed E-state index contributed by atoms with van der Waals surface area (Å²) in [5.41, 5.74) is 0.855. The Kier molecular flexibility index (Phi) is 3.96. The van der Waals surface area contributed by atoms with E-state index < -0.39 is 0 Å². The van der Waals surface area contributed by atoms with Crippen LogP contribution in [0, 0.1) is 0 Å². The molecule has 0 radical (unpaired) electrons. The van der Waals surface area contributed by atoms with Gasteiger partial charge < -0.3 is 9.80 Å². The Hall–Kier alpha value is -3.43. The summed E-state index contributed by atoms with van der Waals surface area (Å²) in [5.74, 6) is 1.53. The first kappa shape index (κ1) is 16.7. The molecule has 2 fully saturated rings. The van der Waals surface area contributed by atoms with Gasteiger partial charge in [-0.2, -0.15) is 10.2 Å². The first-order valence-corrected chi connectivity index (χ1v) is 9.33. The highest BCUT2D eigenvalue weighted by Crippen LogP contribution is 2.27. The first-order valence-electron chi connectivity index (χ1n) is 9.33. The molecule has 0 saturated carbocycles. The van der Waals surface area contributed by atoms with Crippen LogP contribution in [-0.2, 0) is 0 Å². The Labute approximate surface area is 162 Å². The molecule has 1 unspecified atom stereocenters. The molecule has 2 aliphatic heterocycles. The number of nitrogens with zero attached hydrogens (tertiary/aromatic N) is 9. The number of hydrogen-bond acceptors (Lipinski definition) is 6. The van der Waals surface area contributed by atoms with E-state index in [1.54, 1.807) is 39.3 Å². The third kappa shape index (κ3) is 2.86. The molecule has 28 heavy (non-hydrogen) atoms. The molecule has 10 nitrogen and oxygen atoms in total. The van der Waals surface area contributed by atoms with E-state index >= 15 is 0 Å². The van der Waals surface area contributed by atoms with Crippen LogP contribution in [0.5, 0.6) is 0 Å². The Balaban J connectivity index is 1.30. The normalized spacial score (nSPS) is 19.8. The molecule has 1 atom stereocenters. The van der Waals surface area contributed by atoms with Crippen molar-refractivity contribution in [1.29, 1.82) is 0 Å². The Morgan fingerprint density at radius 1 is 1.07 bits per heavy atom. The second-order valence-corrected chi connectivity index (χ2v) is 7.11. The number of anilines is 2. The van der Waals surface area contributed by atoms with Gasteiger partial charge in [-0.05, 0) is 12.5 Å². The SMILES string of the molecule is CN1CCN(c2cnn(C3CCN(c4cncc(-n5cccn5)n4)C3)c2)C1=O. The summed E-state index contributed by atoms with van der Waals surface area (Å²) in [5, 5.41) is 8.73. The number of amides is 2. The Bertz CT molecular complexity index is 983. The molecule has 0 aliphatic carbocycles. The maximum absolute atomic E-state index is 12.2. The van der Waals surface area contributed by atoms with E-state index in [0.29, 0.717) is 12.4 Å². The fraction of sp³-hybridized carbons (Fsp3) is 0.389. The number of carbonyl (C=O) groups is 1. The van der Waals surface area contributed by atoms with E-state index in [1.165, 1.54) is 0 Å². The molecule has 5 heterocycles. The van der Waals surface area contributed by atoms with Gasteiger partial charge in [0, 0.05) is 51.8 Å². The van der Waals surface area contributed by atoms with Gasteiger partial charge in [0.1, 0.15) is 5.82 Å². The summed E-state index contributed by atoms with van der Waals surface area (Å²) < 4.78 is 3.67. The van der Waals surface area contributed by atoms with Crippen LogP contribution in [-0.4, -0.2) is 73.7 Å². The largest absolute Gasteiger partial charge is 0.353 e. The van der Waals surface area contributed by atoms with Crippen molar-refractivity contribution in [3.8, 4) is 5.82 Å². The monoisotopic (exact) mass is 379 g/mol. The highest BCUT2D eigenvalue weighted by atomic mass is 16.2. The highest BCUT2D eigenvalue weighted by Gasteiger charge is 2.30. The predicted octanol–water partition coefficient (Wildman–Crippen LogP) is 1.18. The molecular formula is C18H21N9O. The van der Waals surface area contributed by atoms with Gasteiger partial charge in [-0.1, -0.05) is 0 Å². The smallest absolute Gasteiger partial charge is 0.324 e. The second kappa shape index (κ2) is 6.63. The van der Waals surface area contributed by atoms with E-state index in [1.807, 2.05) is 30.2 Å². The van der Waals surface area contributed by atoms with Gasteiger partial charge in [-0.3, -0.25) is 14.6 Å². The summed E-state index contributed by atoms with van der Waals surface area (Å²) in [6.07, 6.45) is 11.8. The van der Waals surface area contributed by atoms with E-state index in [0.717, 1.165) is 37.6 Å². The maximum Gasteiger partial charge on any atom is 0.324 e. The van der Waals surface area contributed by atoms with Gasteiger partial charge in [-0.15, -0.1) is 0 Å². The Morgan fingerprint density at radius 2 is 1.96 bits per heavy atom. The zero-order chi connectivity index (χ0) is 19.1. The highest BCUT2D eigenvalue weighted by molar-refractivity contribution is 5.93. The van der Waals surface area contributed by atoms with E-state index in [2.05, 4.69) is 25.1 Å². The number of aromatic nitrogens is 6. The molecule has 0 spiro atoms. The summed E-state index contributed by atoms with van der Waals surface area (Å²) in [6, 6.07) is 2.12. The summed E-state index contributed by atoms with van der Waals surface area (Å²) in [6.45, 7) is 3.12. The molecule has 2 saturated heterocycles. The average Bonchev–Trinajstić information content (AvgIpc) is 3.50. The van der Waals surface area contributed by atoms with E-state index in [-0.39, 0.29) is 12.1 Å². The topological polar surface area (TPSA) is 88.2 Å². The second-order valence-electron chi connectivity index (χ2n) is 7.11. The minimum absolute atomic E-state index is 0.0262. The molecule has 3 aromatic rings. The summed E-state index contributed by atoms with van der Waals surface area (Å²) >= 11 is 0. The lowest BCUT2D eigenvalue weighted by molar-refractivity contribution is 0.229. The van der Waals surface area contributed by atoms with Crippen LogP contribution >= 0.6 is 0 Å². The molecule has 5 rings (SSSR count). The minimum Gasteiger partial charge on any atom is -0.353 e. The minimum atomic E-state index is 0.0262. The molecule has 3 aromatic heterocycles. The van der Waals surface area contributed by atoms with Gasteiger partial charge in [0.05, 0.1) is 30.3 Å². The third-order valence-electron chi connectivity index (χ3n) is 5.33. The maximum atomic E-state index is 12.2. The average molecular weight is 379 g/mol. The van der Waals surface area contributed by atoms with E-state index in [4.69, 9.17) is 0 Å². The molecule has 144 valence electrons. The van der Waals surface area contributed by atoms with Crippen LogP contribution in [0.2, 0.25) is 0 Å². The van der Waals surface area contributed by atoms with Crippen LogP contribution < -0.4 is 9.80 Å². The molecule has 2 aliphatic rings. The van der Waals surface area contributed by atoms with Crippen LogP contribution in [0.25, 0.3) is 5.82 Å². The van der Waals surface area contributed by atoms with Crippen molar-refractivity contribution in [3.05, 3.63) is 43.2 Å². The third-order valence-corrected chi connectivity index (χ3v) is 5.33. The molecule has 0 bridgehead atoms. The van der Waals surface area contributed by atoms with Crippen LogP contribution in [0.1, 0.15) is 12.5 Å². The van der Waals surface area contributed by atoms with Crippen molar-refractivity contribution in [2.24, 2.45) is 0 Å². The zero-order valence-electron chi connectivity index (χ0n) is 15.6. The predicted molar refractivity (Wildman–Crippen MR) is 103 cm³/mol. The zero-order valence-corrected chi connectivity index (χ0v) is 15.6. The lowest BCUT2D eigenvalue weighted by atomic mass is 10.3. The van der Waals surface area contributed by atoms with Crippen LogP contribution in [0.3, 0.4) is 0 Å². The lowest BCUT2D eigenvalue weighted by Gasteiger charge is -2.18. The van der Waals surface area contributed by atoms with Crippen LogP contribution in [0.4, 0.5) is 16.3 Å². The van der Waals surface area contributed by atoms with E-state index in [9.17, 15) is 4.79 Å². The summed E-state index contributed by atoms with van der Waals surface area (Å²) in [4.78, 5) is 26.9. The fourth-order valence-corrected chi connectivity index (χ4v) is 3.73. The molecule has 2 amide bonds. The number of urea groups is 1. The molecule has 0 N–H and O–H groups in total.